The van der Waals surface area contributed by atoms with Crippen molar-refractivity contribution >= 4 is 28.7 Å². The number of alkyl carbamates (subject to hydrolysis) is 1. The molecule has 14 heavy (non-hydrogen) atoms. The van der Waals surface area contributed by atoms with E-state index < -0.39 is 0 Å². The van der Waals surface area contributed by atoms with Gasteiger partial charge in [-0.25, -0.2) is 4.79 Å². The summed E-state index contributed by atoms with van der Waals surface area (Å²) in [6.45, 7) is 0. The Balaban J connectivity index is 2.47. The Bertz CT molecular complexity index is 218. The van der Waals surface area contributed by atoms with E-state index in [1.807, 2.05) is 0 Å². The largest absolute Gasteiger partial charge is 0.453 e. The van der Waals surface area contributed by atoms with Crippen molar-refractivity contribution in [2.75, 3.05) is 7.11 Å². The van der Waals surface area contributed by atoms with Crippen LogP contribution in [0.3, 0.4) is 0 Å². The predicted molar refractivity (Wildman–Crippen MR) is 64.7 cm³/mol. The van der Waals surface area contributed by atoms with Crippen LogP contribution in [0.2, 0.25) is 0 Å². The highest BCUT2D eigenvalue weighted by Crippen LogP contribution is 2.20. The molecule has 0 heterocycles. The molecule has 1 N–H and O–H groups in total. The average molecular weight is 309 g/mol. The molecule has 3 nitrogen and oxygen atoms in total. The lowest BCUT2D eigenvalue weighted by molar-refractivity contribution is 0.165. The predicted octanol–water partition coefficient (Wildman–Crippen LogP) is 2.64. The Hall–Kier alpha value is -0.260. The van der Waals surface area contributed by atoms with E-state index in [0.29, 0.717) is 3.92 Å². The number of carbonyl (C=O) groups is 1. The molecule has 1 rings (SSSR count). The standard InChI is InChI=1S/C10H16INO2/c1-14-10(13)12-9-7-5-3-2-4-6-8(9)11/h2-3,8-9H,4-7H2,1H3,(H,12,13)/b3-2-/t8-,9-/m1/s1. The smallest absolute Gasteiger partial charge is 0.407 e. The van der Waals surface area contributed by atoms with Gasteiger partial charge >= 0.3 is 6.09 Å². The molecule has 0 saturated carbocycles. The summed E-state index contributed by atoms with van der Waals surface area (Å²) < 4.78 is 5.10. The summed E-state index contributed by atoms with van der Waals surface area (Å²) in [5, 5.41) is 2.88. The zero-order chi connectivity index (χ0) is 10.4. The van der Waals surface area contributed by atoms with Crippen molar-refractivity contribution in [3.05, 3.63) is 12.2 Å². The van der Waals surface area contributed by atoms with Crippen LogP contribution in [-0.2, 0) is 4.74 Å². The SMILES string of the molecule is COC(=O)N[C@@H]1CC/C=C\CC[C@H]1I. The first-order chi connectivity index (χ1) is 6.74. The zero-order valence-electron chi connectivity index (χ0n) is 8.33. The molecule has 1 amide bonds. The van der Waals surface area contributed by atoms with E-state index in [1.54, 1.807) is 0 Å². The average Bonchev–Trinajstić information content (AvgIpc) is 2.17. The molecule has 0 spiro atoms. The summed E-state index contributed by atoms with van der Waals surface area (Å²) in [4.78, 5) is 11.1. The minimum absolute atomic E-state index is 0.244. The van der Waals surface area contributed by atoms with Crippen molar-refractivity contribution in [1.82, 2.24) is 5.32 Å². The molecule has 0 aromatic carbocycles. The fourth-order valence-electron chi connectivity index (χ4n) is 1.52. The van der Waals surface area contributed by atoms with Crippen LogP contribution in [0.1, 0.15) is 25.7 Å². The van der Waals surface area contributed by atoms with E-state index in [4.69, 9.17) is 0 Å². The summed E-state index contributed by atoms with van der Waals surface area (Å²) in [7, 11) is 1.40. The van der Waals surface area contributed by atoms with Crippen LogP contribution in [0.15, 0.2) is 12.2 Å². The van der Waals surface area contributed by atoms with Crippen LogP contribution in [0.25, 0.3) is 0 Å². The van der Waals surface area contributed by atoms with Gasteiger partial charge < -0.3 is 10.1 Å². The second kappa shape index (κ2) is 6.27. The molecule has 4 heteroatoms. The number of ether oxygens (including phenoxy) is 1. The molecule has 0 bridgehead atoms. The highest BCUT2D eigenvalue weighted by atomic mass is 127. The van der Waals surface area contributed by atoms with Crippen LogP contribution in [0.5, 0.6) is 0 Å². The van der Waals surface area contributed by atoms with Gasteiger partial charge in [0.2, 0.25) is 0 Å². The van der Waals surface area contributed by atoms with Gasteiger partial charge in [-0.3, -0.25) is 0 Å². The lowest BCUT2D eigenvalue weighted by Crippen LogP contribution is -2.41. The number of hydrogen-bond donors (Lipinski definition) is 1. The molecule has 0 radical (unpaired) electrons. The number of amides is 1. The van der Waals surface area contributed by atoms with Gasteiger partial charge in [0.25, 0.3) is 0 Å². The van der Waals surface area contributed by atoms with E-state index in [9.17, 15) is 4.79 Å². The van der Waals surface area contributed by atoms with Gasteiger partial charge in [0.1, 0.15) is 0 Å². The van der Waals surface area contributed by atoms with Crippen molar-refractivity contribution in [1.29, 1.82) is 0 Å². The second-order valence-corrected chi connectivity index (χ2v) is 4.98. The number of methoxy groups -OCH3 is 1. The maximum atomic E-state index is 11.1. The van der Waals surface area contributed by atoms with Gasteiger partial charge in [-0.05, 0) is 25.7 Å². The number of nitrogens with one attached hydrogen (secondary N) is 1. The molecule has 0 aliphatic heterocycles. The Morgan fingerprint density at radius 3 is 2.71 bits per heavy atom. The first kappa shape index (κ1) is 11.8. The van der Waals surface area contributed by atoms with Gasteiger partial charge in [-0.15, -0.1) is 0 Å². The van der Waals surface area contributed by atoms with Crippen molar-refractivity contribution < 1.29 is 9.53 Å². The molecule has 2 atom stereocenters. The minimum Gasteiger partial charge on any atom is -0.453 e. The number of carbonyl (C=O) groups excluding carboxylic acids is 1. The molecule has 0 unspecified atom stereocenters. The molecule has 0 aromatic heterocycles. The van der Waals surface area contributed by atoms with Gasteiger partial charge in [0.15, 0.2) is 0 Å². The Kier molecular flexibility index (Phi) is 5.29. The first-order valence-electron chi connectivity index (χ1n) is 4.87. The molecule has 0 fully saturated rings. The van der Waals surface area contributed by atoms with E-state index in [2.05, 4.69) is 44.8 Å². The Morgan fingerprint density at radius 2 is 2.07 bits per heavy atom. The quantitative estimate of drug-likeness (QED) is 0.459. The van der Waals surface area contributed by atoms with Gasteiger partial charge in [-0.2, -0.15) is 0 Å². The summed E-state index contributed by atoms with van der Waals surface area (Å²) in [5.41, 5.74) is 0. The van der Waals surface area contributed by atoms with E-state index in [1.165, 1.54) is 7.11 Å². The van der Waals surface area contributed by atoms with Crippen LogP contribution >= 0.6 is 22.6 Å². The molecular formula is C10H16INO2. The summed E-state index contributed by atoms with van der Waals surface area (Å²) in [6, 6.07) is 0.244. The highest BCUT2D eigenvalue weighted by Gasteiger charge is 2.20. The van der Waals surface area contributed by atoms with Crippen LogP contribution in [-0.4, -0.2) is 23.2 Å². The lowest BCUT2D eigenvalue weighted by atomic mass is 10.0. The number of halogens is 1. The van der Waals surface area contributed by atoms with E-state index in [-0.39, 0.29) is 12.1 Å². The van der Waals surface area contributed by atoms with Gasteiger partial charge in [0, 0.05) is 9.97 Å². The highest BCUT2D eigenvalue weighted by molar-refractivity contribution is 14.1. The normalized spacial score (nSPS) is 29.9. The second-order valence-electron chi connectivity index (χ2n) is 3.38. The summed E-state index contributed by atoms with van der Waals surface area (Å²) >= 11 is 2.41. The molecule has 80 valence electrons. The zero-order valence-corrected chi connectivity index (χ0v) is 10.5. The van der Waals surface area contributed by atoms with Crippen LogP contribution in [0.4, 0.5) is 4.79 Å². The molecule has 0 saturated heterocycles. The van der Waals surface area contributed by atoms with Crippen molar-refractivity contribution in [3.8, 4) is 0 Å². The lowest BCUT2D eigenvalue weighted by Gasteiger charge is -2.23. The fraction of sp³-hybridized carbons (Fsp3) is 0.700. The van der Waals surface area contributed by atoms with Crippen LogP contribution < -0.4 is 5.32 Å². The van der Waals surface area contributed by atoms with E-state index in [0.717, 1.165) is 25.7 Å². The minimum atomic E-state index is -0.318. The molecular weight excluding hydrogens is 293 g/mol. The van der Waals surface area contributed by atoms with Crippen LogP contribution in [0, 0.1) is 0 Å². The summed E-state index contributed by atoms with van der Waals surface area (Å²) in [6.07, 6.45) is 8.35. The maximum Gasteiger partial charge on any atom is 0.407 e. The number of alkyl halides is 1. The van der Waals surface area contributed by atoms with Crippen molar-refractivity contribution in [3.63, 3.8) is 0 Å². The van der Waals surface area contributed by atoms with Gasteiger partial charge in [0.05, 0.1) is 7.11 Å². The molecule has 0 aromatic rings. The third-order valence-corrected chi connectivity index (χ3v) is 3.84. The first-order valence-corrected chi connectivity index (χ1v) is 6.12. The maximum absolute atomic E-state index is 11.1. The molecule has 1 aliphatic rings. The Labute approximate surface area is 98.4 Å². The number of allylic oxidation sites excluding steroid dienone is 2. The van der Waals surface area contributed by atoms with Crippen molar-refractivity contribution in [2.45, 2.75) is 35.6 Å². The third kappa shape index (κ3) is 3.86. The van der Waals surface area contributed by atoms with Crippen molar-refractivity contribution in [2.24, 2.45) is 0 Å². The van der Waals surface area contributed by atoms with E-state index >= 15 is 0 Å². The number of rotatable bonds is 1. The monoisotopic (exact) mass is 309 g/mol. The molecule has 1 aliphatic carbocycles. The van der Waals surface area contributed by atoms with Gasteiger partial charge in [-0.1, -0.05) is 34.7 Å². The Morgan fingerprint density at radius 1 is 1.43 bits per heavy atom. The topological polar surface area (TPSA) is 38.3 Å². The third-order valence-electron chi connectivity index (χ3n) is 2.35. The number of hydrogen-bond acceptors (Lipinski definition) is 2. The summed E-state index contributed by atoms with van der Waals surface area (Å²) in [5.74, 6) is 0. The fourth-order valence-corrected chi connectivity index (χ4v) is 2.42.